The highest BCUT2D eigenvalue weighted by atomic mass is 19.3. The van der Waals surface area contributed by atoms with Crippen LogP contribution < -0.4 is 0 Å². The molecule has 1 rings (SSSR count). The van der Waals surface area contributed by atoms with E-state index in [1.165, 1.54) is 4.90 Å². The summed E-state index contributed by atoms with van der Waals surface area (Å²) in [6, 6.07) is 2.21. The van der Waals surface area contributed by atoms with E-state index in [1.54, 1.807) is 0 Å². The van der Waals surface area contributed by atoms with Gasteiger partial charge in [0.1, 0.15) is 0 Å². The van der Waals surface area contributed by atoms with Crippen LogP contribution in [-0.4, -0.2) is 23.9 Å². The SMILES string of the molecule is C#CN1CCCC(F)(F)C1. The molecule has 1 nitrogen and oxygen atoms in total. The predicted molar refractivity (Wildman–Crippen MR) is 34.6 cm³/mol. The van der Waals surface area contributed by atoms with Crippen molar-refractivity contribution in [1.82, 2.24) is 4.90 Å². The number of nitrogens with zero attached hydrogens (tertiary/aromatic N) is 1. The van der Waals surface area contributed by atoms with Gasteiger partial charge in [0, 0.05) is 19.0 Å². The summed E-state index contributed by atoms with van der Waals surface area (Å²) >= 11 is 0. The molecule has 0 aliphatic carbocycles. The first-order chi connectivity index (χ1) is 4.64. The molecule has 0 spiro atoms. The second-order valence-electron chi connectivity index (χ2n) is 2.51. The van der Waals surface area contributed by atoms with E-state index in [2.05, 4.69) is 6.04 Å². The lowest BCUT2D eigenvalue weighted by molar-refractivity contribution is -0.0492. The van der Waals surface area contributed by atoms with Crippen LogP contribution in [0.1, 0.15) is 12.8 Å². The van der Waals surface area contributed by atoms with Gasteiger partial charge in [-0.15, -0.1) is 0 Å². The van der Waals surface area contributed by atoms with Gasteiger partial charge in [0.2, 0.25) is 0 Å². The number of likely N-dealkylation sites (tertiary alicyclic amines) is 1. The molecule has 0 unspecified atom stereocenters. The zero-order chi connectivity index (χ0) is 7.61. The standard InChI is InChI=1S/C7H9F2N/c1-2-10-5-3-4-7(8,9)6-10/h1H,3-6H2. The molecule has 3 heteroatoms. The Morgan fingerprint density at radius 2 is 2.20 bits per heavy atom. The second-order valence-corrected chi connectivity index (χ2v) is 2.51. The second kappa shape index (κ2) is 2.45. The Labute approximate surface area is 59.0 Å². The third-order valence-corrected chi connectivity index (χ3v) is 1.58. The molecule has 1 aliphatic heterocycles. The van der Waals surface area contributed by atoms with Crippen LogP contribution in [0.5, 0.6) is 0 Å². The summed E-state index contributed by atoms with van der Waals surface area (Å²) in [6.07, 6.45) is 5.44. The molecule has 0 bridgehead atoms. The third kappa shape index (κ3) is 1.60. The first-order valence-electron chi connectivity index (χ1n) is 3.23. The molecule has 0 N–H and O–H groups in total. The molecule has 0 radical (unpaired) electrons. The summed E-state index contributed by atoms with van der Waals surface area (Å²) in [5.74, 6) is -2.56. The van der Waals surface area contributed by atoms with Gasteiger partial charge in [-0.1, -0.05) is 6.42 Å². The first kappa shape index (κ1) is 7.33. The maximum atomic E-state index is 12.5. The van der Waals surface area contributed by atoms with Crippen LogP contribution in [-0.2, 0) is 0 Å². The zero-order valence-electron chi connectivity index (χ0n) is 5.61. The van der Waals surface area contributed by atoms with Crippen molar-refractivity contribution in [1.29, 1.82) is 0 Å². The van der Waals surface area contributed by atoms with Gasteiger partial charge in [0.05, 0.1) is 6.54 Å². The lowest BCUT2D eigenvalue weighted by Gasteiger charge is -2.29. The summed E-state index contributed by atoms with van der Waals surface area (Å²) in [7, 11) is 0. The van der Waals surface area contributed by atoms with Crippen LogP contribution in [0.2, 0.25) is 0 Å². The topological polar surface area (TPSA) is 3.24 Å². The highest BCUT2D eigenvalue weighted by Crippen LogP contribution is 2.25. The van der Waals surface area contributed by atoms with Crippen LogP contribution >= 0.6 is 0 Å². The highest BCUT2D eigenvalue weighted by Gasteiger charge is 2.34. The Bertz CT molecular complexity index is 159. The van der Waals surface area contributed by atoms with Gasteiger partial charge in [-0.3, -0.25) is 0 Å². The van der Waals surface area contributed by atoms with Crippen LogP contribution in [0.3, 0.4) is 0 Å². The fourth-order valence-electron chi connectivity index (χ4n) is 1.08. The summed E-state index contributed by atoms with van der Waals surface area (Å²) in [6.45, 7) is 0.329. The van der Waals surface area contributed by atoms with E-state index >= 15 is 0 Å². The van der Waals surface area contributed by atoms with Crippen molar-refractivity contribution in [2.24, 2.45) is 0 Å². The van der Waals surface area contributed by atoms with E-state index in [0.29, 0.717) is 13.0 Å². The maximum Gasteiger partial charge on any atom is 0.266 e. The number of rotatable bonds is 0. The van der Waals surface area contributed by atoms with Crippen molar-refractivity contribution < 1.29 is 8.78 Å². The minimum Gasteiger partial charge on any atom is -0.327 e. The van der Waals surface area contributed by atoms with Gasteiger partial charge in [-0.2, -0.15) is 0 Å². The van der Waals surface area contributed by atoms with Crippen molar-refractivity contribution in [3.8, 4) is 12.5 Å². The molecule has 0 atom stereocenters. The Morgan fingerprint density at radius 3 is 2.60 bits per heavy atom. The molecule has 0 saturated carbocycles. The fourth-order valence-corrected chi connectivity index (χ4v) is 1.08. The van der Waals surface area contributed by atoms with Gasteiger partial charge < -0.3 is 4.90 Å². The number of hydrogen-bond acceptors (Lipinski definition) is 1. The molecule has 10 heavy (non-hydrogen) atoms. The zero-order valence-corrected chi connectivity index (χ0v) is 5.61. The number of alkyl halides is 2. The van der Waals surface area contributed by atoms with E-state index in [4.69, 9.17) is 6.42 Å². The fraction of sp³-hybridized carbons (Fsp3) is 0.714. The molecule has 0 amide bonds. The van der Waals surface area contributed by atoms with Crippen LogP contribution in [0, 0.1) is 12.5 Å². The number of hydrogen-bond donors (Lipinski definition) is 0. The Balaban J connectivity index is 2.49. The smallest absolute Gasteiger partial charge is 0.266 e. The third-order valence-electron chi connectivity index (χ3n) is 1.58. The summed E-state index contributed by atoms with van der Waals surface area (Å²) in [5.41, 5.74) is 0. The summed E-state index contributed by atoms with van der Waals surface area (Å²) in [5, 5.41) is 0. The molecule has 1 saturated heterocycles. The van der Waals surface area contributed by atoms with Gasteiger partial charge in [0.25, 0.3) is 5.92 Å². The van der Waals surface area contributed by atoms with Crippen LogP contribution in [0.15, 0.2) is 0 Å². The number of halogens is 2. The van der Waals surface area contributed by atoms with Crippen molar-refractivity contribution in [2.45, 2.75) is 18.8 Å². The maximum absolute atomic E-state index is 12.5. The van der Waals surface area contributed by atoms with E-state index < -0.39 is 5.92 Å². The molecule has 0 aromatic carbocycles. The summed E-state index contributed by atoms with van der Waals surface area (Å²) < 4.78 is 25.0. The van der Waals surface area contributed by atoms with Crippen LogP contribution in [0.4, 0.5) is 8.78 Å². The lowest BCUT2D eigenvalue weighted by atomic mass is 10.1. The monoisotopic (exact) mass is 145 g/mol. The number of terminal acetylenes is 1. The van der Waals surface area contributed by atoms with Crippen molar-refractivity contribution in [2.75, 3.05) is 13.1 Å². The van der Waals surface area contributed by atoms with Crippen molar-refractivity contribution in [3.05, 3.63) is 0 Å². The molecule has 0 aromatic heterocycles. The molecule has 0 aromatic rings. The highest BCUT2D eigenvalue weighted by molar-refractivity contribution is 4.91. The van der Waals surface area contributed by atoms with Crippen molar-refractivity contribution in [3.63, 3.8) is 0 Å². The normalized spacial score (nSPS) is 23.9. The average Bonchev–Trinajstić information content (AvgIpc) is 1.86. The molecule has 56 valence electrons. The van der Waals surface area contributed by atoms with Gasteiger partial charge in [-0.25, -0.2) is 8.78 Å². The van der Waals surface area contributed by atoms with Gasteiger partial charge >= 0.3 is 0 Å². The largest absolute Gasteiger partial charge is 0.327 e. The predicted octanol–water partition coefficient (Wildman–Crippen LogP) is 1.31. The minimum atomic E-state index is -2.56. The summed E-state index contributed by atoms with van der Waals surface area (Å²) in [4.78, 5) is 1.32. The molecule has 1 heterocycles. The van der Waals surface area contributed by atoms with E-state index in [0.717, 1.165) is 0 Å². The minimum absolute atomic E-state index is 0.0226. The Kier molecular flexibility index (Phi) is 1.80. The van der Waals surface area contributed by atoms with E-state index in [-0.39, 0.29) is 13.0 Å². The molecule has 1 aliphatic rings. The van der Waals surface area contributed by atoms with E-state index in [9.17, 15) is 8.78 Å². The first-order valence-corrected chi connectivity index (χ1v) is 3.23. The average molecular weight is 145 g/mol. The lowest BCUT2D eigenvalue weighted by Crippen LogP contribution is -2.39. The molecular formula is C7H9F2N. The van der Waals surface area contributed by atoms with E-state index in [1.807, 2.05) is 0 Å². The molecular weight excluding hydrogens is 136 g/mol. The number of piperidine rings is 1. The van der Waals surface area contributed by atoms with Gasteiger partial charge in [-0.05, 0) is 6.42 Å². The molecule has 1 fully saturated rings. The Hall–Kier alpha value is -0.780. The van der Waals surface area contributed by atoms with Crippen molar-refractivity contribution >= 4 is 0 Å². The Morgan fingerprint density at radius 1 is 1.50 bits per heavy atom. The van der Waals surface area contributed by atoms with Gasteiger partial charge in [0.15, 0.2) is 0 Å². The van der Waals surface area contributed by atoms with Crippen LogP contribution in [0.25, 0.3) is 0 Å². The quantitative estimate of drug-likeness (QED) is 0.464.